The van der Waals surface area contributed by atoms with Crippen molar-refractivity contribution >= 4 is 5.69 Å². The lowest BCUT2D eigenvalue weighted by Crippen LogP contribution is -2.19. The molecule has 0 fully saturated rings. The molecule has 2 atom stereocenters. The van der Waals surface area contributed by atoms with E-state index in [4.69, 9.17) is 5.73 Å². The molecule has 0 bridgehead atoms. The average molecular weight is 284 g/mol. The van der Waals surface area contributed by atoms with Crippen LogP contribution < -0.4 is 5.73 Å². The van der Waals surface area contributed by atoms with E-state index in [1.54, 1.807) is 12.1 Å². The highest BCUT2D eigenvalue weighted by molar-refractivity contribution is 5.39. The third-order valence-corrected chi connectivity index (χ3v) is 3.85. The van der Waals surface area contributed by atoms with Gasteiger partial charge >= 0.3 is 0 Å². The standard InChI is InChI=1S/C17H20N2O2/c1-13(17(18)15-8-3-2-4-9-15)11-12-14-7-5-6-10-16(14)19(20)21/h2-10,13,17H,11-12,18H2,1H3. The highest BCUT2D eigenvalue weighted by atomic mass is 16.6. The zero-order valence-corrected chi connectivity index (χ0v) is 12.1. The van der Waals surface area contributed by atoms with Gasteiger partial charge in [0, 0.05) is 17.7 Å². The van der Waals surface area contributed by atoms with E-state index in [2.05, 4.69) is 6.92 Å². The monoisotopic (exact) mass is 284 g/mol. The maximum Gasteiger partial charge on any atom is 0.272 e. The Kier molecular flexibility index (Phi) is 5.06. The zero-order valence-electron chi connectivity index (χ0n) is 12.1. The van der Waals surface area contributed by atoms with Crippen LogP contribution in [0.25, 0.3) is 0 Å². The predicted molar refractivity (Wildman–Crippen MR) is 84.0 cm³/mol. The van der Waals surface area contributed by atoms with E-state index in [1.165, 1.54) is 0 Å². The summed E-state index contributed by atoms with van der Waals surface area (Å²) in [7, 11) is 0. The molecule has 21 heavy (non-hydrogen) atoms. The van der Waals surface area contributed by atoms with Crippen LogP contribution in [-0.4, -0.2) is 4.92 Å². The highest BCUT2D eigenvalue weighted by Crippen LogP contribution is 2.26. The van der Waals surface area contributed by atoms with E-state index < -0.39 is 0 Å². The highest BCUT2D eigenvalue weighted by Gasteiger charge is 2.17. The van der Waals surface area contributed by atoms with Crippen molar-refractivity contribution in [3.63, 3.8) is 0 Å². The van der Waals surface area contributed by atoms with Crippen molar-refractivity contribution in [3.05, 3.63) is 75.8 Å². The summed E-state index contributed by atoms with van der Waals surface area (Å²) in [6, 6.07) is 16.8. The van der Waals surface area contributed by atoms with E-state index >= 15 is 0 Å². The van der Waals surface area contributed by atoms with Crippen molar-refractivity contribution in [1.82, 2.24) is 0 Å². The van der Waals surface area contributed by atoms with E-state index in [0.29, 0.717) is 6.42 Å². The largest absolute Gasteiger partial charge is 0.324 e. The summed E-state index contributed by atoms with van der Waals surface area (Å²) in [4.78, 5) is 10.7. The average Bonchev–Trinajstić information content (AvgIpc) is 2.52. The van der Waals surface area contributed by atoms with Gasteiger partial charge in [0.05, 0.1) is 4.92 Å². The first-order valence-corrected chi connectivity index (χ1v) is 7.12. The van der Waals surface area contributed by atoms with Gasteiger partial charge in [0.15, 0.2) is 0 Å². The van der Waals surface area contributed by atoms with Crippen LogP contribution in [0.2, 0.25) is 0 Å². The molecule has 0 heterocycles. The van der Waals surface area contributed by atoms with Crippen LogP contribution in [0.1, 0.15) is 30.5 Å². The van der Waals surface area contributed by atoms with E-state index in [9.17, 15) is 10.1 Å². The molecule has 2 aromatic carbocycles. The summed E-state index contributed by atoms with van der Waals surface area (Å²) in [5.41, 5.74) is 8.34. The molecule has 0 saturated carbocycles. The second kappa shape index (κ2) is 6.99. The molecule has 2 N–H and O–H groups in total. The molecule has 2 aromatic rings. The molecule has 4 heteroatoms. The van der Waals surface area contributed by atoms with Gasteiger partial charge in [-0.25, -0.2) is 0 Å². The van der Waals surface area contributed by atoms with Crippen LogP contribution in [0, 0.1) is 16.0 Å². The first-order chi connectivity index (χ1) is 10.1. The van der Waals surface area contributed by atoms with E-state index in [-0.39, 0.29) is 22.6 Å². The van der Waals surface area contributed by atoms with Crippen LogP contribution >= 0.6 is 0 Å². The lowest BCUT2D eigenvalue weighted by Gasteiger charge is -2.20. The number of hydrogen-bond acceptors (Lipinski definition) is 3. The molecule has 2 rings (SSSR count). The molecule has 4 nitrogen and oxygen atoms in total. The van der Waals surface area contributed by atoms with Crippen LogP contribution in [0.15, 0.2) is 54.6 Å². The third-order valence-electron chi connectivity index (χ3n) is 3.85. The van der Waals surface area contributed by atoms with Crippen molar-refractivity contribution in [2.45, 2.75) is 25.8 Å². The second-order valence-corrected chi connectivity index (χ2v) is 5.34. The number of nitro benzene ring substituents is 1. The Labute approximate surface area is 124 Å². The van der Waals surface area contributed by atoms with Gasteiger partial charge in [-0.3, -0.25) is 10.1 Å². The van der Waals surface area contributed by atoms with Crippen molar-refractivity contribution < 1.29 is 4.92 Å². The number of nitro groups is 1. The van der Waals surface area contributed by atoms with Gasteiger partial charge in [-0.15, -0.1) is 0 Å². The number of rotatable bonds is 6. The fourth-order valence-electron chi connectivity index (χ4n) is 2.47. The topological polar surface area (TPSA) is 69.2 Å². The number of nitrogens with zero attached hydrogens (tertiary/aromatic N) is 1. The summed E-state index contributed by atoms with van der Waals surface area (Å²) in [6.45, 7) is 2.09. The molecule has 110 valence electrons. The number of para-hydroxylation sites is 1. The molecule has 0 amide bonds. The number of hydrogen-bond donors (Lipinski definition) is 1. The van der Waals surface area contributed by atoms with Crippen molar-refractivity contribution in [3.8, 4) is 0 Å². The summed E-state index contributed by atoms with van der Waals surface area (Å²) in [5.74, 6) is 0.257. The minimum absolute atomic E-state index is 0.0473. The number of benzene rings is 2. The molecule has 0 radical (unpaired) electrons. The Bertz CT molecular complexity index is 599. The molecule has 0 aromatic heterocycles. The fourth-order valence-corrected chi connectivity index (χ4v) is 2.47. The number of aryl methyl sites for hydroxylation is 1. The predicted octanol–water partition coefficient (Wildman–Crippen LogP) is 3.86. The quantitative estimate of drug-likeness (QED) is 0.646. The summed E-state index contributed by atoms with van der Waals surface area (Å²) in [5, 5.41) is 11.0. The fraction of sp³-hybridized carbons (Fsp3) is 0.294. The smallest absolute Gasteiger partial charge is 0.272 e. The van der Waals surface area contributed by atoms with Crippen LogP contribution in [0.3, 0.4) is 0 Å². The lowest BCUT2D eigenvalue weighted by molar-refractivity contribution is -0.385. The molecule has 0 aliphatic carbocycles. The van der Waals surface area contributed by atoms with Crippen molar-refractivity contribution in [2.24, 2.45) is 11.7 Å². The van der Waals surface area contributed by atoms with Gasteiger partial charge in [0.1, 0.15) is 0 Å². The molecule has 0 aliphatic heterocycles. The zero-order chi connectivity index (χ0) is 15.2. The van der Waals surface area contributed by atoms with Gasteiger partial charge < -0.3 is 5.73 Å². The van der Waals surface area contributed by atoms with Crippen LogP contribution in [-0.2, 0) is 6.42 Å². The van der Waals surface area contributed by atoms with Crippen molar-refractivity contribution in [1.29, 1.82) is 0 Å². The van der Waals surface area contributed by atoms with Crippen LogP contribution in [0.5, 0.6) is 0 Å². The molecular formula is C17H20N2O2. The lowest BCUT2D eigenvalue weighted by atomic mass is 9.90. The first kappa shape index (κ1) is 15.2. The Morgan fingerprint density at radius 1 is 1.10 bits per heavy atom. The first-order valence-electron chi connectivity index (χ1n) is 7.12. The Morgan fingerprint density at radius 3 is 2.38 bits per heavy atom. The maximum atomic E-state index is 11.0. The molecular weight excluding hydrogens is 264 g/mol. The minimum Gasteiger partial charge on any atom is -0.324 e. The molecule has 2 unspecified atom stereocenters. The number of nitrogens with two attached hydrogens (primary N) is 1. The maximum absolute atomic E-state index is 11.0. The normalized spacial score (nSPS) is 13.6. The molecule has 0 spiro atoms. The minimum atomic E-state index is -0.322. The van der Waals surface area contributed by atoms with Gasteiger partial charge in [0.2, 0.25) is 0 Å². The van der Waals surface area contributed by atoms with Gasteiger partial charge in [-0.1, -0.05) is 55.5 Å². The SMILES string of the molecule is CC(CCc1ccccc1[N+](=O)[O-])C(N)c1ccccc1. The molecule has 0 saturated heterocycles. The van der Waals surface area contributed by atoms with Gasteiger partial charge in [0.25, 0.3) is 5.69 Å². The summed E-state index contributed by atoms with van der Waals surface area (Å²) < 4.78 is 0. The summed E-state index contributed by atoms with van der Waals surface area (Å²) >= 11 is 0. The van der Waals surface area contributed by atoms with E-state index in [0.717, 1.165) is 17.5 Å². The Hall–Kier alpha value is -2.20. The Balaban J connectivity index is 2.01. The van der Waals surface area contributed by atoms with Gasteiger partial charge in [-0.05, 0) is 24.3 Å². The second-order valence-electron chi connectivity index (χ2n) is 5.34. The van der Waals surface area contributed by atoms with Crippen molar-refractivity contribution in [2.75, 3.05) is 0 Å². The van der Waals surface area contributed by atoms with E-state index in [1.807, 2.05) is 42.5 Å². The van der Waals surface area contributed by atoms with Gasteiger partial charge in [-0.2, -0.15) is 0 Å². The Morgan fingerprint density at radius 2 is 1.71 bits per heavy atom. The van der Waals surface area contributed by atoms with Crippen LogP contribution in [0.4, 0.5) is 5.69 Å². The molecule has 0 aliphatic rings. The third kappa shape index (κ3) is 3.89. The summed E-state index contributed by atoms with van der Waals surface area (Å²) in [6.07, 6.45) is 1.49.